The van der Waals surface area contributed by atoms with Gasteiger partial charge in [0.05, 0.1) is 11.4 Å². The first-order valence-electron chi connectivity index (χ1n) is 8.85. The smallest absolute Gasteiger partial charge is 0.314 e. The second-order valence-corrected chi connectivity index (χ2v) is 7.50. The monoisotopic (exact) mass is 393 g/mol. The highest BCUT2D eigenvalue weighted by Gasteiger charge is 2.26. The number of nitrogens with one attached hydrogen (secondary N) is 2. The lowest BCUT2D eigenvalue weighted by atomic mass is 10.2. The molecular formula is C20H19N5O2S. The molecule has 2 N–H and O–H groups in total. The number of aryl methyl sites for hydroxylation is 1. The van der Waals surface area contributed by atoms with Crippen molar-refractivity contribution in [3.05, 3.63) is 71.2 Å². The SMILES string of the molecule is Cc1cccc(-n2nc3c(c2NC(=O)C(=O)NCc2cccnc2)CSC3)c1. The molecule has 0 aliphatic carbocycles. The zero-order valence-corrected chi connectivity index (χ0v) is 16.1. The summed E-state index contributed by atoms with van der Waals surface area (Å²) in [6.07, 6.45) is 3.30. The fourth-order valence-corrected chi connectivity index (χ4v) is 4.05. The van der Waals surface area contributed by atoms with Crippen LogP contribution in [0.15, 0.2) is 48.8 Å². The first kappa shape index (κ1) is 18.2. The molecule has 1 aliphatic rings. The van der Waals surface area contributed by atoms with Gasteiger partial charge in [-0.15, -0.1) is 0 Å². The average Bonchev–Trinajstić information content (AvgIpc) is 3.29. The molecule has 28 heavy (non-hydrogen) atoms. The third-order valence-electron chi connectivity index (χ3n) is 4.41. The van der Waals surface area contributed by atoms with Gasteiger partial charge in [0.25, 0.3) is 0 Å². The van der Waals surface area contributed by atoms with Crippen LogP contribution in [0.1, 0.15) is 22.4 Å². The molecule has 0 fully saturated rings. The van der Waals surface area contributed by atoms with Crippen molar-refractivity contribution < 1.29 is 9.59 Å². The molecule has 3 aromatic rings. The number of hydrogen-bond donors (Lipinski definition) is 2. The van der Waals surface area contributed by atoms with Gasteiger partial charge >= 0.3 is 11.8 Å². The Morgan fingerprint density at radius 1 is 1.18 bits per heavy atom. The molecule has 0 unspecified atom stereocenters. The van der Waals surface area contributed by atoms with E-state index in [4.69, 9.17) is 0 Å². The molecule has 7 nitrogen and oxygen atoms in total. The number of fused-ring (bicyclic) bond motifs is 1. The van der Waals surface area contributed by atoms with Gasteiger partial charge in [0.15, 0.2) is 0 Å². The maximum atomic E-state index is 12.5. The van der Waals surface area contributed by atoms with Crippen LogP contribution in [-0.2, 0) is 27.6 Å². The van der Waals surface area contributed by atoms with Crippen molar-refractivity contribution in [1.29, 1.82) is 0 Å². The predicted molar refractivity (Wildman–Crippen MR) is 108 cm³/mol. The summed E-state index contributed by atoms with van der Waals surface area (Å²) >= 11 is 1.74. The number of hydrogen-bond acceptors (Lipinski definition) is 5. The molecule has 1 aromatic carbocycles. The first-order chi connectivity index (χ1) is 13.6. The summed E-state index contributed by atoms with van der Waals surface area (Å²) in [5.41, 5.74) is 4.68. The Bertz CT molecular complexity index is 1030. The van der Waals surface area contributed by atoms with E-state index in [2.05, 4.69) is 20.7 Å². The highest BCUT2D eigenvalue weighted by Crippen LogP contribution is 2.36. The molecule has 142 valence electrons. The zero-order valence-electron chi connectivity index (χ0n) is 15.3. The Hall–Kier alpha value is -3.13. The lowest BCUT2D eigenvalue weighted by molar-refractivity contribution is -0.136. The standard InChI is InChI=1S/C20H19N5O2S/c1-13-4-2-6-15(8-13)25-18(16-11-28-12-17(16)24-25)23-20(27)19(26)22-10-14-5-3-7-21-9-14/h2-9H,10-12H2,1H3,(H,22,26)(H,23,27). The van der Waals surface area contributed by atoms with Gasteiger partial charge in [0.2, 0.25) is 0 Å². The van der Waals surface area contributed by atoms with Crippen molar-refractivity contribution in [3.63, 3.8) is 0 Å². The summed E-state index contributed by atoms with van der Waals surface area (Å²) in [6.45, 7) is 2.24. The summed E-state index contributed by atoms with van der Waals surface area (Å²) < 4.78 is 1.71. The van der Waals surface area contributed by atoms with E-state index < -0.39 is 11.8 Å². The van der Waals surface area contributed by atoms with Crippen LogP contribution in [0.4, 0.5) is 5.82 Å². The molecule has 3 heterocycles. The number of aromatic nitrogens is 3. The van der Waals surface area contributed by atoms with Gasteiger partial charge < -0.3 is 10.6 Å². The summed E-state index contributed by atoms with van der Waals surface area (Å²) in [4.78, 5) is 28.8. The predicted octanol–water partition coefficient (Wildman–Crippen LogP) is 2.58. The van der Waals surface area contributed by atoms with E-state index in [9.17, 15) is 9.59 Å². The minimum absolute atomic E-state index is 0.241. The van der Waals surface area contributed by atoms with E-state index in [0.717, 1.165) is 39.6 Å². The van der Waals surface area contributed by atoms with Crippen LogP contribution < -0.4 is 10.6 Å². The molecule has 1 aliphatic heterocycles. The Balaban J connectivity index is 1.54. The summed E-state index contributed by atoms with van der Waals surface area (Å²) in [5, 5.41) is 10.0. The van der Waals surface area contributed by atoms with Crippen molar-refractivity contribution in [1.82, 2.24) is 20.1 Å². The van der Waals surface area contributed by atoms with E-state index in [1.165, 1.54) is 0 Å². The fourth-order valence-electron chi connectivity index (χ4n) is 3.02. The molecular weight excluding hydrogens is 374 g/mol. The lowest BCUT2D eigenvalue weighted by Gasteiger charge is -2.11. The Morgan fingerprint density at radius 2 is 2.07 bits per heavy atom. The van der Waals surface area contributed by atoms with Gasteiger partial charge in [0.1, 0.15) is 5.82 Å². The van der Waals surface area contributed by atoms with Crippen molar-refractivity contribution >= 4 is 29.4 Å². The largest absolute Gasteiger partial charge is 0.344 e. The van der Waals surface area contributed by atoms with Crippen LogP contribution >= 0.6 is 11.8 Å². The number of amides is 2. The van der Waals surface area contributed by atoms with Crippen LogP contribution in [-0.4, -0.2) is 26.6 Å². The molecule has 0 radical (unpaired) electrons. The van der Waals surface area contributed by atoms with E-state index >= 15 is 0 Å². The van der Waals surface area contributed by atoms with Gasteiger partial charge in [0, 0.05) is 36.0 Å². The summed E-state index contributed by atoms with van der Waals surface area (Å²) in [7, 11) is 0. The quantitative estimate of drug-likeness (QED) is 0.665. The van der Waals surface area contributed by atoms with Crippen molar-refractivity contribution in [3.8, 4) is 5.69 Å². The van der Waals surface area contributed by atoms with Crippen LogP contribution in [0.2, 0.25) is 0 Å². The number of nitrogens with zero attached hydrogens (tertiary/aromatic N) is 3. The normalized spacial score (nSPS) is 12.5. The Kier molecular flexibility index (Phi) is 5.12. The van der Waals surface area contributed by atoms with Crippen LogP contribution in [0.25, 0.3) is 5.69 Å². The summed E-state index contributed by atoms with van der Waals surface area (Å²) in [6, 6.07) is 11.5. The highest BCUT2D eigenvalue weighted by molar-refractivity contribution is 7.98. The Labute approximate surface area is 166 Å². The van der Waals surface area contributed by atoms with E-state index in [-0.39, 0.29) is 6.54 Å². The number of benzene rings is 1. The zero-order chi connectivity index (χ0) is 19.5. The number of anilines is 1. The second-order valence-electron chi connectivity index (χ2n) is 6.52. The number of thioether (sulfide) groups is 1. The van der Waals surface area contributed by atoms with Crippen molar-refractivity contribution in [2.45, 2.75) is 25.0 Å². The molecule has 0 bridgehead atoms. The molecule has 0 atom stereocenters. The molecule has 2 aromatic heterocycles. The minimum Gasteiger partial charge on any atom is -0.344 e. The number of pyridine rings is 1. The van der Waals surface area contributed by atoms with Gasteiger partial charge in [-0.05, 0) is 36.2 Å². The van der Waals surface area contributed by atoms with Crippen LogP contribution in [0.3, 0.4) is 0 Å². The lowest BCUT2D eigenvalue weighted by Crippen LogP contribution is -2.35. The van der Waals surface area contributed by atoms with E-state index in [1.807, 2.05) is 37.3 Å². The molecule has 4 rings (SSSR count). The minimum atomic E-state index is -0.711. The first-order valence-corrected chi connectivity index (χ1v) is 10.0. The van der Waals surface area contributed by atoms with Crippen molar-refractivity contribution in [2.75, 3.05) is 5.32 Å². The van der Waals surface area contributed by atoms with Gasteiger partial charge in [-0.3, -0.25) is 14.6 Å². The van der Waals surface area contributed by atoms with E-state index in [0.29, 0.717) is 5.82 Å². The maximum Gasteiger partial charge on any atom is 0.314 e. The second kappa shape index (κ2) is 7.85. The third-order valence-corrected chi connectivity index (χ3v) is 5.38. The maximum absolute atomic E-state index is 12.5. The fraction of sp³-hybridized carbons (Fsp3) is 0.200. The number of carbonyl (C=O) groups is 2. The van der Waals surface area contributed by atoms with Gasteiger partial charge in [-0.1, -0.05) is 18.2 Å². The topological polar surface area (TPSA) is 88.9 Å². The average molecular weight is 393 g/mol. The Morgan fingerprint density at radius 3 is 2.86 bits per heavy atom. The van der Waals surface area contributed by atoms with Crippen molar-refractivity contribution in [2.24, 2.45) is 0 Å². The van der Waals surface area contributed by atoms with E-state index in [1.54, 1.807) is 34.9 Å². The van der Waals surface area contributed by atoms with Crippen LogP contribution in [0.5, 0.6) is 0 Å². The number of carbonyl (C=O) groups excluding carboxylic acids is 2. The molecule has 0 spiro atoms. The van der Waals surface area contributed by atoms with Gasteiger partial charge in [-0.25, -0.2) is 4.68 Å². The molecule has 8 heteroatoms. The number of rotatable bonds is 4. The highest BCUT2D eigenvalue weighted by atomic mass is 32.2. The van der Waals surface area contributed by atoms with Crippen LogP contribution in [0, 0.1) is 6.92 Å². The summed E-state index contributed by atoms with van der Waals surface area (Å²) in [5.74, 6) is 0.711. The molecule has 2 amide bonds. The molecule has 0 saturated carbocycles. The van der Waals surface area contributed by atoms with Gasteiger partial charge in [-0.2, -0.15) is 16.9 Å². The third kappa shape index (κ3) is 3.77. The molecule has 0 saturated heterocycles.